The summed E-state index contributed by atoms with van der Waals surface area (Å²) in [6, 6.07) is 7.28. The normalized spacial score (nSPS) is 12.1. The van der Waals surface area contributed by atoms with Crippen LogP contribution in [0.3, 0.4) is 0 Å². The predicted octanol–water partition coefficient (Wildman–Crippen LogP) is 2.19. The average Bonchev–Trinajstić information content (AvgIpc) is 2.86. The zero-order valence-corrected chi connectivity index (χ0v) is 13.1. The van der Waals surface area contributed by atoms with E-state index in [1.165, 1.54) is 7.11 Å². The summed E-state index contributed by atoms with van der Waals surface area (Å²) >= 11 is 0. The van der Waals surface area contributed by atoms with Crippen LogP contribution in [0.4, 0.5) is 0 Å². The van der Waals surface area contributed by atoms with Crippen molar-refractivity contribution in [2.45, 2.75) is 39.3 Å². The molecule has 1 heterocycles. The summed E-state index contributed by atoms with van der Waals surface area (Å²) in [5.74, 6) is 0.277. The Morgan fingerprint density at radius 3 is 2.77 bits per heavy atom. The van der Waals surface area contributed by atoms with Crippen molar-refractivity contribution in [2.75, 3.05) is 7.11 Å². The van der Waals surface area contributed by atoms with E-state index >= 15 is 0 Å². The number of rotatable bonds is 6. The highest BCUT2D eigenvalue weighted by molar-refractivity contribution is 5.80. The van der Waals surface area contributed by atoms with Gasteiger partial charge >= 0.3 is 5.97 Å². The number of nitrogens with zero attached hydrogens (tertiary/aromatic N) is 2. The van der Waals surface area contributed by atoms with E-state index in [0.717, 1.165) is 17.5 Å². The van der Waals surface area contributed by atoms with E-state index in [1.54, 1.807) is 4.57 Å². The summed E-state index contributed by atoms with van der Waals surface area (Å²) in [4.78, 5) is 28.0. The molecule has 0 aliphatic rings. The Bertz CT molecular complexity index is 678. The van der Waals surface area contributed by atoms with Gasteiger partial charge in [0.25, 0.3) is 0 Å². The van der Waals surface area contributed by atoms with E-state index in [1.807, 2.05) is 38.1 Å². The number of fused-ring (bicyclic) bond motifs is 1. The van der Waals surface area contributed by atoms with E-state index in [9.17, 15) is 9.59 Å². The molecule has 0 radical (unpaired) electrons. The van der Waals surface area contributed by atoms with Gasteiger partial charge in [-0.05, 0) is 25.5 Å². The van der Waals surface area contributed by atoms with Gasteiger partial charge in [0.15, 0.2) is 0 Å². The third kappa shape index (κ3) is 3.44. The smallest absolute Gasteiger partial charge is 0.325 e. The molecule has 6 heteroatoms. The van der Waals surface area contributed by atoms with Crippen molar-refractivity contribution in [2.24, 2.45) is 0 Å². The van der Waals surface area contributed by atoms with Gasteiger partial charge in [0.05, 0.1) is 24.2 Å². The van der Waals surface area contributed by atoms with E-state index in [4.69, 9.17) is 4.74 Å². The first-order chi connectivity index (χ1) is 10.6. The number of benzene rings is 1. The van der Waals surface area contributed by atoms with Gasteiger partial charge in [0, 0.05) is 6.42 Å². The molecule has 1 aromatic carbocycles. The van der Waals surface area contributed by atoms with Gasteiger partial charge in [0.2, 0.25) is 5.91 Å². The van der Waals surface area contributed by atoms with Crippen molar-refractivity contribution in [3.8, 4) is 0 Å². The molecule has 0 aliphatic heterocycles. The van der Waals surface area contributed by atoms with Crippen molar-refractivity contribution in [1.82, 2.24) is 14.9 Å². The third-order valence-electron chi connectivity index (χ3n) is 3.44. The minimum atomic E-state index is -0.350. The SMILES string of the molecule is CCCC(=O)NC(C)c1nc2ccccc2n1CC(=O)OC. The second kappa shape index (κ2) is 7.06. The van der Waals surface area contributed by atoms with Gasteiger partial charge in [-0.25, -0.2) is 4.98 Å². The van der Waals surface area contributed by atoms with Crippen LogP contribution in [-0.2, 0) is 20.9 Å². The van der Waals surface area contributed by atoms with Crippen LogP contribution >= 0.6 is 0 Å². The summed E-state index contributed by atoms with van der Waals surface area (Å²) in [6.45, 7) is 3.89. The van der Waals surface area contributed by atoms with Gasteiger partial charge in [-0.2, -0.15) is 0 Å². The molecule has 118 valence electrons. The number of esters is 1. The monoisotopic (exact) mass is 303 g/mol. The van der Waals surface area contributed by atoms with Gasteiger partial charge in [-0.15, -0.1) is 0 Å². The number of amides is 1. The fourth-order valence-electron chi connectivity index (χ4n) is 2.39. The highest BCUT2D eigenvalue weighted by Crippen LogP contribution is 2.21. The minimum Gasteiger partial charge on any atom is -0.468 e. The molecule has 22 heavy (non-hydrogen) atoms. The molecule has 1 aromatic heterocycles. The van der Waals surface area contributed by atoms with Gasteiger partial charge in [0.1, 0.15) is 12.4 Å². The Labute approximate surface area is 129 Å². The lowest BCUT2D eigenvalue weighted by Gasteiger charge is -2.15. The Kier molecular flexibility index (Phi) is 5.14. The topological polar surface area (TPSA) is 73.2 Å². The molecule has 1 N–H and O–H groups in total. The zero-order chi connectivity index (χ0) is 16.1. The Hall–Kier alpha value is -2.37. The van der Waals surface area contributed by atoms with E-state index in [-0.39, 0.29) is 24.5 Å². The molecule has 1 atom stereocenters. The molecule has 0 fully saturated rings. The molecule has 6 nitrogen and oxygen atoms in total. The number of ether oxygens (including phenoxy) is 1. The average molecular weight is 303 g/mol. The summed E-state index contributed by atoms with van der Waals surface area (Å²) in [6.07, 6.45) is 1.26. The Balaban J connectivity index is 2.36. The second-order valence-corrected chi connectivity index (χ2v) is 5.16. The standard InChI is InChI=1S/C16H21N3O3/c1-4-7-14(20)17-11(2)16-18-12-8-5-6-9-13(12)19(16)10-15(21)22-3/h5-6,8-9,11H,4,7,10H2,1-3H3,(H,17,20). The van der Waals surface area contributed by atoms with E-state index in [0.29, 0.717) is 12.2 Å². The molecule has 0 saturated heterocycles. The number of methoxy groups -OCH3 is 1. The number of carbonyl (C=O) groups is 2. The second-order valence-electron chi connectivity index (χ2n) is 5.16. The molecule has 0 spiro atoms. The lowest BCUT2D eigenvalue weighted by Crippen LogP contribution is -2.29. The summed E-state index contributed by atoms with van der Waals surface area (Å²) in [5.41, 5.74) is 1.64. The van der Waals surface area contributed by atoms with Crippen LogP contribution < -0.4 is 5.32 Å². The molecule has 2 aromatic rings. The molecule has 1 unspecified atom stereocenters. The van der Waals surface area contributed by atoms with Crippen molar-refractivity contribution < 1.29 is 14.3 Å². The van der Waals surface area contributed by atoms with E-state index in [2.05, 4.69) is 10.3 Å². The van der Waals surface area contributed by atoms with Crippen LogP contribution in [-0.4, -0.2) is 28.5 Å². The Morgan fingerprint density at radius 1 is 1.36 bits per heavy atom. The number of para-hydroxylation sites is 2. The van der Waals surface area contributed by atoms with Crippen LogP contribution in [0.15, 0.2) is 24.3 Å². The molecule has 0 saturated carbocycles. The van der Waals surface area contributed by atoms with Crippen molar-refractivity contribution in [3.05, 3.63) is 30.1 Å². The number of imidazole rings is 1. The van der Waals surface area contributed by atoms with Crippen LogP contribution in [0.1, 0.15) is 38.6 Å². The summed E-state index contributed by atoms with van der Waals surface area (Å²) < 4.78 is 6.54. The fraction of sp³-hybridized carbons (Fsp3) is 0.438. The number of hydrogen-bond acceptors (Lipinski definition) is 4. The number of carbonyl (C=O) groups excluding carboxylic acids is 2. The zero-order valence-electron chi connectivity index (χ0n) is 13.1. The van der Waals surface area contributed by atoms with Crippen LogP contribution in [0, 0.1) is 0 Å². The molecule has 0 aliphatic carbocycles. The lowest BCUT2D eigenvalue weighted by molar-refractivity contribution is -0.141. The van der Waals surface area contributed by atoms with E-state index < -0.39 is 0 Å². The number of aromatic nitrogens is 2. The van der Waals surface area contributed by atoms with Crippen LogP contribution in [0.2, 0.25) is 0 Å². The maximum atomic E-state index is 11.8. The number of nitrogens with one attached hydrogen (secondary N) is 1. The van der Waals surface area contributed by atoms with Gasteiger partial charge < -0.3 is 14.6 Å². The molecule has 0 bridgehead atoms. The first-order valence-electron chi connectivity index (χ1n) is 7.38. The maximum absolute atomic E-state index is 11.8. The van der Waals surface area contributed by atoms with Gasteiger partial charge in [-0.3, -0.25) is 9.59 Å². The number of hydrogen-bond donors (Lipinski definition) is 1. The van der Waals surface area contributed by atoms with Crippen LogP contribution in [0.25, 0.3) is 11.0 Å². The first-order valence-corrected chi connectivity index (χ1v) is 7.38. The highest BCUT2D eigenvalue weighted by atomic mass is 16.5. The lowest BCUT2D eigenvalue weighted by atomic mass is 10.2. The molecule has 1 amide bonds. The quantitative estimate of drug-likeness (QED) is 0.830. The largest absolute Gasteiger partial charge is 0.468 e. The summed E-state index contributed by atoms with van der Waals surface area (Å²) in [7, 11) is 1.35. The molecular weight excluding hydrogens is 282 g/mol. The molecule has 2 rings (SSSR count). The van der Waals surface area contributed by atoms with Crippen molar-refractivity contribution in [1.29, 1.82) is 0 Å². The third-order valence-corrected chi connectivity index (χ3v) is 3.44. The van der Waals surface area contributed by atoms with Crippen molar-refractivity contribution >= 4 is 22.9 Å². The fourth-order valence-corrected chi connectivity index (χ4v) is 2.39. The molecular formula is C16H21N3O3. The highest BCUT2D eigenvalue weighted by Gasteiger charge is 2.19. The summed E-state index contributed by atoms with van der Waals surface area (Å²) in [5, 5.41) is 2.92. The van der Waals surface area contributed by atoms with Crippen molar-refractivity contribution in [3.63, 3.8) is 0 Å². The minimum absolute atomic E-state index is 0.0216. The Morgan fingerprint density at radius 2 is 2.09 bits per heavy atom. The maximum Gasteiger partial charge on any atom is 0.325 e. The first kappa shape index (κ1) is 16.0. The predicted molar refractivity (Wildman–Crippen MR) is 83.2 cm³/mol. The van der Waals surface area contributed by atoms with Crippen LogP contribution in [0.5, 0.6) is 0 Å². The van der Waals surface area contributed by atoms with Gasteiger partial charge in [-0.1, -0.05) is 19.1 Å².